The summed E-state index contributed by atoms with van der Waals surface area (Å²) >= 11 is 0. The summed E-state index contributed by atoms with van der Waals surface area (Å²) in [6, 6.07) is 0. The van der Waals surface area contributed by atoms with Gasteiger partial charge in [-0.05, 0) is 0 Å². The summed E-state index contributed by atoms with van der Waals surface area (Å²) in [6.07, 6.45) is 0. The third-order valence-electron chi connectivity index (χ3n) is 0.106. The zero-order chi connectivity index (χ0) is 5.21. The Labute approximate surface area is 129 Å². The first kappa shape index (κ1) is 29.2. The zero-order valence-corrected chi connectivity index (χ0v) is 13.0. The molecule has 6 nitrogen and oxygen atoms in total. The second-order valence-corrected chi connectivity index (χ2v) is 1.72. The van der Waals surface area contributed by atoms with Crippen molar-refractivity contribution in [1.29, 1.82) is 0 Å². The predicted molar refractivity (Wildman–Crippen MR) is 22.7 cm³/mol. The molecule has 0 bridgehead atoms. The van der Waals surface area contributed by atoms with E-state index in [1.807, 2.05) is 0 Å². The van der Waals surface area contributed by atoms with Crippen LogP contribution in [0.1, 0.15) is 4.28 Å². The molecule has 0 rings (SSSR count). The Bertz CT molecular complexity index is 87.2. The standard InChI is InChI=1S/3Na.H3O5P.H2O.3H/c;;;1-5-6(2,3)4;;;;/h;;;1H,(H2,2,3,4);1H2;;;/q3*+1;;;3*-1. The number of hydrogen-bond acceptors (Lipinski definition) is 3. The summed E-state index contributed by atoms with van der Waals surface area (Å²) in [7, 11) is -4.59. The smallest absolute Gasteiger partial charge is 1.00 e. The van der Waals surface area contributed by atoms with Gasteiger partial charge in [0.05, 0.1) is 0 Å². The van der Waals surface area contributed by atoms with E-state index in [1.165, 1.54) is 0 Å². The van der Waals surface area contributed by atoms with Crippen molar-refractivity contribution < 1.29 is 123 Å². The first-order valence-corrected chi connectivity index (χ1v) is 2.48. The van der Waals surface area contributed by atoms with E-state index in [0.717, 1.165) is 0 Å². The van der Waals surface area contributed by atoms with Gasteiger partial charge in [0.1, 0.15) is 0 Å². The van der Waals surface area contributed by atoms with Gasteiger partial charge < -0.3 is 19.5 Å². The molecule has 0 spiro atoms. The monoisotopic (exact) mass is 204 g/mol. The van der Waals surface area contributed by atoms with Crippen LogP contribution < -0.4 is 88.7 Å². The molecule has 0 unspecified atom stereocenters. The van der Waals surface area contributed by atoms with Gasteiger partial charge in [-0.25, -0.2) is 9.82 Å². The summed E-state index contributed by atoms with van der Waals surface area (Å²) in [4.78, 5) is 14.9. The molecule has 0 fully saturated rings. The van der Waals surface area contributed by atoms with Crippen molar-refractivity contribution in [2.24, 2.45) is 0 Å². The fraction of sp³-hybridized carbons (Fsp3) is 0. The van der Waals surface area contributed by atoms with Crippen LogP contribution in [0.3, 0.4) is 0 Å². The van der Waals surface area contributed by atoms with Gasteiger partial charge in [-0.1, -0.05) is 0 Å². The van der Waals surface area contributed by atoms with Gasteiger partial charge in [0, 0.05) is 0 Å². The fourth-order valence-electron chi connectivity index (χ4n) is 0. The summed E-state index contributed by atoms with van der Waals surface area (Å²) in [5.74, 6) is 0. The molecule has 5 N–H and O–H groups in total. The second-order valence-electron chi connectivity index (χ2n) is 0.572. The van der Waals surface area contributed by atoms with Crippen molar-refractivity contribution in [3.63, 3.8) is 0 Å². The maximum atomic E-state index is 9.22. The fourth-order valence-corrected chi connectivity index (χ4v) is 0. The summed E-state index contributed by atoms with van der Waals surface area (Å²) < 4.78 is 11.8. The molecule has 0 aliphatic rings. The van der Waals surface area contributed by atoms with E-state index in [4.69, 9.17) is 15.0 Å². The maximum absolute atomic E-state index is 9.22. The van der Waals surface area contributed by atoms with Crippen molar-refractivity contribution in [3.05, 3.63) is 0 Å². The molecular weight excluding hydrogens is 196 g/mol. The molecular formula is H8Na3O6P. The molecule has 52 valence electrons. The van der Waals surface area contributed by atoms with E-state index < -0.39 is 7.82 Å². The Morgan fingerprint density at radius 2 is 1.30 bits per heavy atom. The van der Waals surface area contributed by atoms with Gasteiger partial charge >= 0.3 is 96.5 Å². The normalized spacial score (nSPS) is 7.10. The molecule has 0 aliphatic heterocycles. The van der Waals surface area contributed by atoms with Crippen molar-refractivity contribution in [2.45, 2.75) is 0 Å². The topological polar surface area (TPSA) is 118 Å². The minimum Gasteiger partial charge on any atom is -1.00 e. The summed E-state index contributed by atoms with van der Waals surface area (Å²) in [5.41, 5.74) is 0. The third kappa shape index (κ3) is 30.5. The molecule has 0 amide bonds. The van der Waals surface area contributed by atoms with Crippen LogP contribution in [-0.4, -0.2) is 20.5 Å². The van der Waals surface area contributed by atoms with Gasteiger partial charge in [0.15, 0.2) is 0 Å². The van der Waals surface area contributed by atoms with Crippen LogP contribution in [0.5, 0.6) is 0 Å². The van der Waals surface area contributed by atoms with E-state index in [9.17, 15) is 4.57 Å². The Balaban J connectivity index is -0.00000000595. The Morgan fingerprint density at radius 1 is 1.20 bits per heavy atom. The van der Waals surface area contributed by atoms with Crippen molar-refractivity contribution in [2.75, 3.05) is 0 Å². The van der Waals surface area contributed by atoms with Crippen LogP contribution >= 0.6 is 7.82 Å². The summed E-state index contributed by atoms with van der Waals surface area (Å²) in [6.45, 7) is 0. The molecule has 0 atom stereocenters. The first-order valence-electron chi connectivity index (χ1n) is 0.948. The molecule has 10 heteroatoms. The number of rotatable bonds is 1. The zero-order valence-electron chi connectivity index (χ0n) is 9.11. The SMILES string of the molecule is O.O=P(O)(O)OO.[H-].[H-].[H-].[Na+].[Na+].[Na+]. The average molecular weight is 204 g/mol. The van der Waals surface area contributed by atoms with E-state index in [2.05, 4.69) is 4.67 Å². The third-order valence-corrected chi connectivity index (χ3v) is 0.319. The van der Waals surface area contributed by atoms with E-state index >= 15 is 0 Å². The Kier molecular flexibility index (Phi) is 42.5. The molecule has 10 heavy (non-hydrogen) atoms. The second kappa shape index (κ2) is 14.5. The van der Waals surface area contributed by atoms with Gasteiger partial charge in [-0.15, -0.1) is 4.67 Å². The summed E-state index contributed by atoms with van der Waals surface area (Å²) in [5, 5.41) is 7.14. The van der Waals surface area contributed by atoms with Gasteiger partial charge in [-0.2, -0.15) is 0 Å². The predicted octanol–water partition coefficient (Wildman–Crippen LogP) is -9.91. The van der Waals surface area contributed by atoms with E-state index in [-0.39, 0.29) is 98.4 Å². The van der Waals surface area contributed by atoms with Gasteiger partial charge in [0.25, 0.3) is 0 Å². The molecule has 0 aliphatic carbocycles. The number of phosphoric acid groups is 1. The van der Waals surface area contributed by atoms with Crippen molar-refractivity contribution in [1.82, 2.24) is 0 Å². The van der Waals surface area contributed by atoms with Crippen LogP contribution in [0.4, 0.5) is 0 Å². The molecule has 0 saturated heterocycles. The Hall–Kier alpha value is 3.03. The van der Waals surface area contributed by atoms with Gasteiger partial charge in [-0.3, -0.25) is 0 Å². The van der Waals surface area contributed by atoms with Gasteiger partial charge in [0.2, 0.25) is 0 Å². The van der Waals surface area contributed by atoms with Crippen LogP contribution in [0.15, 0.2) is 0 Å². The molecule has 0 radical (unpaired) electrons. The minimum absolute atomic E-state index is 0. The minimum atomic E-state index is -4.59. The number of hydrogen-bond donors (Lipinski definition) is 3. The first-order chi connectivity index (χ1) is 2.56. The maximum Gasteiger partial charge on any atom is 1.00 e. The van der Waals surface area contributed by atoms with Crippen LogP contribution in [0.2, 0.25) is 0 Å². The molecule has 0 aromatic carbocycles. The average Bonchev–Trinajstić information content (AvgIpc) is 1.35. The molecule has 0 aromatic rings. The van der Waals surface area contributed by atoms with Crippen LogP contribution in [0, 0.1) is 0 Å². The van der Waals surface area contributed by atoms with E-state index in [1.54, 1.807) is 0 Å². The van der Waals surface area contributed by atoms with Crippen LogP contribution in [-0.2, 0) is 9.24 Å². The van der Waals surface area contributed by atoms with Crippen LogP contribution in [0.25, 0.3) is 0 Å². The largest absolute Gasteiger partial charge is 1.00 e. The van der Waals surface area contributed by atoms with E-state index in [0.29, 0.717) is 0 Å². The van der Waals surface area contributed by atoms with Crippen molar-refractivity contribution >= 4 is 7.82 Å². The Morgan fingerprint density at radius 3 is 1.30 bits per heavy atom. The quantitative estimate of drug-likeness (QED) is 0.169. The molecule has 0 saturated carbocycles. The van der Waals surface area contributed by atoms with Crippen molar-refractivity contribution in [3.8, 4) is 0 Å². The molecule has 0 heterocycles. The molecule has 0 aromatic heterocycles.